The molecule has 1 saturated heterocycles. The predicted molar refractivity (Wildman–Crippen MR) is 101 cm³/mol. The molecule has 0 aromatic heterocycles. The molecule has 1 fully saturated rings. The van der Waals surface area contributed by atoms with Gasteiger partial charge in [0.25, 0.3) is 5.91 Å². The summed E-state index contributed by atoms with van der Waals surface area (Å²) in [7, 11) is -3.68. The van der Waals surface area contributed by atoms with Crippen molar-refractivity contribution in [3.8, 4) is 0 Å². The maximum atomic E-state index is 12.6. The zero-order valence-corrected chi connectivity index (χ0v) is 15.8. The zero-order chi connectivity index (χ0) is 18.6. The van der Waals surface area contributed by atoms with Crippen molar-refractivity contribution in [2.75, 3.05) is 13.1 Å². The van der Waals surface area contributed by atoms with Gasteiger partial charge in [-0.05, 0) is 49.9 Å². The summed E-state index contributed by atoms with van der Waals surface area (Å²) < 4.78 is 27.8. The summed E-state index contributed by atoms with van der Waals surface area (Å²) in [6.07, 6.45) is 3.14. The Balaban J connectivity index is 1.73. The van der Waals surface area contributed by atoms with E-state index in [4.69, 9.17) is 0 Å². The second-order valence-electron chi connectivity index (χ2n) is 6.69. The molecule has 26 heavy (non-hydrogen) atoms. The number of sulfonamides is 1. The first-order valence-corrected chi connectivity index (χ1v) is 10.4. The molecule has 138 valence electrons. The fourth-order valence-corrected chi connectivity index (χ4v) is 4.11. The summed E-state index contributed by atoms with van der Waals surface area (Å²) in [6, 6.07) is 14.0. The lowest BCUT2D eigenvalue weighted by Gasteiger charge is -2.26. The standard InChI is InChI=1S/C20H24N2O3S/c1-16-8-10-17(11-9-16)15-21-26(24,25)19-7-5-6-18(14-19)20(23)22-12-3-2-4-13-22/h5-11,14,21H,2-4,12-13,15H2,1H3. The highest BCUT2D eigenvalue weighted by Crippen LogP contribution is 2.17. The molecule has 1 aliphatic heterocycles. The molecule has 0 unspecified atom stereocenters. The van der Waals surface area contributed by atoms with Crippen LogP contribution in [0.5, 0.6) is 0 Å². The highest BCUT2D eigenvalue weighted by Gasteiger charge is 2.21. The minimum atomic E-state index is -3.68. The van der Waals surface area contributed by atoms with Crippen molar-refractivity contribution >= 4 is 15.9 Å². The largest absolute Gasteiger partial charge is 0.339 e. The Morgan fingerprint density at radius 3 is 2.42 bits per heavy atom. The van der Waals surface area contributed by atoms with Crippen LogP contribution < -0.4 is 4.72 Å². The summed E-state index contributed by atoms with van der Waals surface area (Å²) in [4.78, 5) is 14.5. The number of nitrogens with zero attached hydrogens (tertiary/aromatic N) is 1. The number of carbonyl (C=O) groups is 1. The van der Waals surface area contributed by atoms with Crippen molar-refractivity contribution < 1.29 is 13.2 Å². The lowest BCUT2D eigenvalue weighted by Crippen LogP contribution is -2.35. The first kappa shape index (κ1) is 18.6. The van der Waals surface area contributed by atoms with Crippen molar-refractivity contribution in [1.29, 1.82) is 0 Å². The van der Waals surface area contributed by atoms with Crippen LogP contribution in [-0.2, 0) is 16.6 Å². The van der Waals surface area contributed by atoms with Gasteiger partial charge in [0.2, 0.25) is 10.0 Å². The first-order valence-electron chi connectivity index (χ1n) is 8.90. The second kappa shape index (κ2) is 8.01. The average Bonchev–Trinajstić information content (AvgIpc) is 2.68. The number of piperidine rings is 1. The molecule has 2 aromatic carbocycles. The third-order valence-corrected chi connectivity index (χ3v) is 6.02. The van der Waals surface area contributed by atoms with Crippen LogP contribution in [0.25, 0.3) is 0 Å². The van der Waals surface area contributed by atoms with Gasteiger partial charge < -0.3 is 4.90 Å². The Bertz CT molecular complexity index is 870. The van der Waals surface area contributed by atoms with Gasteiger partial charge in [0.15, 0.2) is 0 Å². The fraction of sp³-hybridized carbons (Fsp3) is 0.350. The SMILES string of the molecule is Cc1ccc(CNS(=O)(=O)c2cccc(C(=O)N3CCCCC3)c2)cc1. The van der Waals surface area contributed by atoms with E-state index in [0.717, 1.165) is 43.5 Å². The van der Waals surface area contributed by atoms with Gasteiger partial charge in [0, 0.05) is 25.2 Å². The Hall–Kier alpha value is -2.18. The van der Waals surface area contributed by atoms with E-state index in [2.05, 4.69) is 4.72 Å². The molecule has 1 aliphatic rings. The van der Waals surface area contributed by atoms with Crippen molar-refractivity contribution in [3.63, 3.8) is 0 Å². The lowest BCUT2D eigenvalue weighted by molar-refractivity contribution is 0.0724. The Morgan fingerprint density at radius 2 is 1.73 bits per heavy atom. The molecule has 6 heteroatoms. The predicted octanol–water partition coefficient (Wildman–Crippen LogP) is 3.10. The third-order valence-electron chi connectivity index (χ3n) is 4.62. The molecule has 0 spiro atoms. The van der Waals surface area contributed by atoms with Crippen LogP contribution in [0.15, 0.2) is 53.4 Å². The van der Waals surface area contributed by atoms with E-state index in [9.17, 15) is 13.2 Å². The molecular weight excluding hydrogens is 348 g/mol. The van der Waals surface area contributed by atoms with Crippen molar-refractivity contribution in [1.82, 2.24) is 9.62 Å². The number of carbonyl (C=O) groups excluding carboxylic acids is 1. The summed E-state index contributed by atoms with van der Waals surface area (Å²) in [5.41, 5.74) is 2.44. The van der Waals surface area contributed by atoms with Crippen LogP contribution in [-0.4, -0.2) is 32.3 Å². The van der Waals surface area contributed by atoms with Gasteiger partial charge in [-0.25, -0.2) is 13.1 Å². The normalized spacial score (nSPS) is 15.0. The minimum Gasteiger partial charge on any atom is -0.339 e. The van der Waals surface area contributed by atoms with E-state index >= 15 is 0 Å². The highest BCUT2D eigenvalue weighted by atomic mass is 32.2. The fourth-order valence-electron chi connectivity index (χ4n) is 3.04. The summed E-state index contributed by atoms with van der Waals surface area (Å²) in [5.74, 6) is -0.0970. The van der Waals surface area contributed by atoms with Crippen LogP contribution >= 0.6 is 0 Å². The molecule has 5 nitrogen and oxygen atoms in total. The molecule has 1 amide bonds. The molecule has 0 bridgehead atoms. The zero-order valence-electron chi connectivity index (χ0n) is 14.9. The number of hydrogen-bond donors (Lipinski definition) is 1. The second-order valence-corrected chi connectivity index (χ2v) is 8.46. The lowest BCUT2D eigenvalue weighted by atomic mass is 10.1. The minimum absolute atomic E-state index is 0.0970. The van der Waals surface area contributed by atoms with E-state index in [-0.39, 0.29) is 17.3 Å². The van der Waals surface area contributed by atoms with E-state index in [1.165, 1.54) is 12.1 Å². The smallest absolute Gasteiger partial charge is 0.253 e. The molecule has 1 heterocycles. The number of hydrogen-bond acceptors (Lipinski definition) is 3. The van der Waals surface area contributed by atoms with Gasteiger partial charge in [-0.3, -0.25) is 4.79 Å². The molecule has 3 rings (SSSR count). The quantitative estimate of drug-likeness (QED) is 0.877. The first-order chi connectivity index (χ1) is 12.5. The summed E-state index contributed by atoms with van der Waals surface area (Å²) >= 11 is 0. The van der Waals surface area contributed by atoms with Crippen LogP contribution in [0, 0.1) is 6.92 Å². The van der Waals surface area contributed by atoms with E-state index in [1.54, 1.807) is 17.0 Å². The van der Waals surface area contributed by atoms with Crippen molar-refractivity contribution in [2.24, 2.45) is 0 Å². The number of aryl methyl sites for hydroxylation is 1. The maximum absolute atomic E-state index is 12.6. The maximum Gasteiger partial charge on any atom is 0.253 e. The Kier molecular flexibility index (Phi) is 5.74. The molecule has 1 N–H and O–H groups in total. The number of nitrogens with one attached hydrogen (secondary N) is 1. The Morgan fingerprint density at radius 1 is 1.04 bits per heavy atom. The van der Waals surface area contributed by atoms with Gasteiger partial charge in [-0.2, -0.15) is 0 Å². The third kappa shape index (κ3) is 4.51. The van der Waals surface area contributed by atoms with E-state index in [0.29, 0.717) is 5.56 Å². The van der Waals surface area contributed by atoms with Gasteiger partial charge in [0.1, 0.15) is 0 Å². The number of benzene rings is 2. The molecule has 0 saturated carbocycles. The van der Waals surface area contributed by atoms with Crippen molar-refractivity contribution in [2.45, 2.75) is 37.6 Å². The van der Waals surface area contributed by atoms with Crippen LogP contribution in [0.1, 0.15) is 40.7 Å². The summed E-state index contributed by atoms with van der Waals surface area (Å²) in [6.45, 7) is 3.68. The molecule has 0 aliphatic carbocycles. The van der Waals surface area contributed by atoms with Gasteiger partial charge in [0.05, 0.1) is 4.90 Å². The number of rotatable bonds is 5. The van der Waals surface area contributed by atoms with Gasteiger partial charge in [-0.15, -0.1) is 0 Å². The van der Waals surface area contributed by atoms with Crippen LogP contribution in [0.2, 0.25) is 0 Å². The molecule has 0 radical (unpaired) electrons. The monoisotopic (exact) mass is 372 g/mol. The Labute approximate surface area is 155 Å². The van der Waals surface area contributed by atoms with E-state index in [1.807, 2.05) is 31.2 Å². The topological polar surface area (TPSA) is 66.5 Å². The molecule has 0 atom stereocenters. The van der Waals surface area contributed by atoms with Crippen LogP contribution in [0.3, 0.4) is 0 Å². The van der Waals surface area contributed by atoms with E-state index < -0.39 is 10.0 Å². The van der Waals surface area contributed by atoms with Gasteiger partial charge >= 0.3 is 0 Å². The summed E-state index contributed by atoms with van der Waals surface area (Å²) in [5, 5.41) is 0. The number of likely N-dealkylation sites (tertiary alicyclic amines) is 1. The van der Waals surface area contributed by atoms with Crippen LogP contribution in [0.4, 0.5) is 0 Å². The number of amides is 1. The molecular formula is C20H24N2O3S. The van der Waals surface area contributed by atoms with Crippen molar-refractivity contribution in [3.05, 3.63) is 65.2 Å². The molecule has 2 aromatic rings. The average molecular weight is 372 g/mol. The van der Waals surface area contributed by atoms with Gasteiger partial charge in [-0.1, -0.05) is 35.9 Å². The highest BCUT2D eigenvalue weighted by molar-refractivity contribution is 7.89.